The van der Waals surface area contributed by atoms with Crippen molar-refractivity contribution >= 4 is 5.91 Å². The van der Waals surface area contributed by atoms with E-state index in [1.807, 2.05) is 0 Å². The number of carbonyl (C=O) groups excluding carboxylic acids is 1. The lowest BCUT2D eigenvalue weighted by molar-refractivity contribution is -0.149. The Balaban J connectivity index is 1.88. The minimum Gasteiger partial charge on any atom is -0.348 e. The Labute approximate surface area is 109 Å². The zero-order valence-electron chi connectivity index (χ0n) is 10.4. The fourth-order valence-electron chi connectivity index (χ4n) is 2.33. The average Bonchev–Trinajstić information content (AvgIpc) is 2.89. The number of aromatic amines is 1. The molecule has 7 heteroatoms. The van der Waals surface area contributed by atoms with Crippen molar-refractivity contribution in [2.45, 2.75) is 37.8 Å². The number of nitrogens with one attached hydrogen (secondary N) is 1. The van der Waals surface area contributed by atoms with E-state index in [9.17, 15) is 18.0 Å². The van der Waals surface area contributed by atoms with E-state index in [1.54, 1.807) is 12.4 Å². The molecule has 4 nitrogen and oxygen atoms in total. The van der Waals surface area contributed by atoms with Gasteiger partial charge in [-0.05, 0) is 12.8 Å². The van der Waals surface area contributed by atoms with Crippen LogP contribution in [0.15, 0.2) is 12.4 Å². The minimum atomic E-state index is -4.27. The molecule has 0 aliphatic carbocycles. The van der Waals surface area contributed by atoms with Crippen molar-refractivity contribution in [1.29, 1.82) is 0 Å². The summed E-state index contributed by atoms with van der Waals surface area (Å²) in [4.78, 5) is 20.4. The third-order valence-electron chi connectivity index (χ3n) is 3.30. The summed E-state index contributed by atoms with van der Waals surface area (Å²) in [5.74, 6) is 0.473. The lowest BCUT2D eigenvalue weighted by atomic mass is 9.97. The van der Waals surface area contributed by atoms with Crippen LogP contribution in [-0.4, -0.2) is 40.0 Å². The number of carbonyl (C=O) groups is 1. The van der Waals surface area contributed by atoms with Gasteiger partial charge in [-0.1, -0.05) is 0 Å². The van der Waals surface area contributed by atoms with E-state index in [2.05, 4.69) is 9.97 Å². The van der Waals surface area contributed by atoms with Crippen molar-refractivity contribution in [3.05, 3.63) is 18.2 Å². The van der Waals surface area contributed by atoms with Crippen molar-refractivity contribution in [3.8, 4) is 0 Å². The summed E-state index contributed by atoms with van der Waals surface area (Å²) in [5, 5.41) is 0. The Morgan fingerprint density at radius 1 is 1.53 bits per heavy atom. The molecule has 1 aromatic rings. The standard InChI is InChI=1S/C12H16F3N3O/c13-12(14,15)4-3-10(19)18-7-1-2-9(8-18)11-16-5-6-17-11/h5-6,9H,1-4,7-8H2,(H,16,17). The van der Waals surface area contributed by atoms with E-state index in [0.717, 1.165) is 18.7 Å². The van der Waals surface area contributed by atoms with E-state index >= 15 is 0 Å². The number of aromatic nitrogens is 2. The summed E-state index contributed by atoms with van der Waals surface area (Å²) in [6, 6.07) is 0. The highest BCUT2D eigenvalue weighted by Crippen LogP contribution is 2.26. The number of rotatable bonds is 3. The van der Waals surface area contributed by atoms with Crippen LogP contribution in [0.1, 0.15) is 37.4 Å². The van der Waals surface area contributed by atoms with Gasteiger partial charge >= 0.3 is 6.18 Å². The smallest absolute Gasteiger partial charge is 0.348 e. The number of hydrogen-bond donors (Lipinski definition) is 1. The molecular weight excluding hydrogens is 259 g/mol. The summed E-state index contributed by atoms with van der Waals surface area (Å²) in [7, 11) is 0. The number of alkyl halides is 3. The molecule has 1 aliphatic heterocycles. The van der Waals surface area contributed by atoms with E-state index < -0.39 is 24.9 Å². The molecular formula is C12H16F3N3O. The number of piperidine rings is 1. The number of halogens is 3. The predicted molar refractivity (Wildman–Crippen MR) is 62.4 cm³/mol. The highest BCUT2D eigenvalue weighted by molar-refractivity contribution is 5.76. The first-order valence-corrected chi connectivity index (χ1v) is 6.29. The first-order chi connectivity index (χ1) is 8.96. The van der Waals surface area contributed by atoms with Gasteiger partial charge in [-0.3, -0.25) is 4.79 Å². The number of nitrogens with zero attached hydrogens (tertiary/aromatic N) is 2. The average molecular weight is 275 g/mol. The molecule has 1 unspecified atom stereocenters. The molecule has 106 valence electrons. The molecule has 2 heterocycles. The van der Waals surface area contributed by atoms with Crippen LogP contribution in [0.25, 0.3) is 0 Å². The van der Waals surface area contributed by atoms with Crippen LogP contribution in [0, 0.1) is 0 Å². The normalized spacial score (nSPS) is 20.6. The Kier molecular flexibility index (Phi) is 4.11. The first-order valence-electron chi connectivity index (χ1n) is 6.29. The number of likely N-dealkylation sites (tertiary alicyclic amines) is 1. The molecule has 0 saturated carbocycles. The maximum absolute atomic E-state index is 12.1. The summed E-state index contributed by atoms with van der Waals surface area (Å²) in [5.41, 5.74) is 0. The van der Waals surface area contributed by atoms with Crippen LogP contribution in [0.2, 0.25) is 0 Å². The van der Waals surface area contributed by atoms with Gasteiger partial charge in [0.25, 0.3) is 0 Å². The molecule has 1 aliphatic rings. The molecule has 0 spiro atoms. The Hall–Kier alpha value is -1.53. The van der Waals surface area contributed by atoms with Crippen molar-refractivity contribution < 1.29 is 18.0 Å². The molecule has 2 rings (SSSR count). The van der Waals surface area contributed by atoms with Gasteiger partial charge in [0.2, 0.25) is 5.91 Å². The number of imidazole rings is 1. The van der Waals surface area contributed by atoms with Gasteiger partial charge in [-0.2, -0.15) is 13.2 Å². The third-order valence-corrected chi connectivity index (χ3v) is 3.30. The molecule has 1 fully saturated rings. The second kappa shape index (κ2) is 5.63. The zero-order chi connectivity index (χ0) is 13.9. The van der Waals surface area contributed by atoms with E-state index in [1.165, 1.54) is 4.90 Å². The molecule has 1 N–H and O–H groups in total. The monoisotopic (exact) mass is 275 g/mol. The van der Waals surface area contributed by atoms with Gasteiger partial charge in [-0.25, -0.2) is 4.98 Å². The van der Waals surface area contributed by atoms with Crippen LogP contribution < -0.4 is 0 Å². The maximum atomic E-state index is 12.1. The summed E-state index contributed by atoms with van der Waals surface area (Å²) in [6.07, 6.45) is -0.743. The topological polar surface area (TPSA) is 49.0 Å². The lowest BCUT2D eigenvalue weighted by Crippen LogP contribution is -2.39. The van der Waals surface area contributed by atoms with Crippen LogP contribution in [0.4, 0.5) is 13.2 Å². The van der Waals surface area contributed by atoms with E-state index in [4.69, 9.17) is 0 Å². The quantitative estimate of drug-likeness (QED) is 0.921. The second-order valence-corrected chi connectivity index (χ2v) is 4.77. The highest BCUT2D eigenvalue weighted by atomic mass is 19.4. The molecule has 1 amide bonds. The van der Waals surface area contributed by atoms with Crippen molar-refractivity contribution in [1.82, 2.24) is 14.9 Å². The van der Waals surface area contributed by atoms with Gasteiger partial charge in [0.15, 0.2) is 0 Å². The zero-order valence-corrected chi connectivity index (χ0v) is 10.4. The largest absolute Gasteiger partial charge is 0.389 e. The molecule has 0 aromatic carbocycles. The summed E-state index contributed by atoms with van der Waals surface area (Å²) < 4.78 is 36.3. The van der Waals surface area contributed by atoms with Crippen molar-refractivity contribution in [3.63, 3.8) is 0 Å². The van der Waals surface area contributed by atoms with Gasteiger partial charge in [0.1, 0.15) is 5.82 Å². The molecule has 0 radical (unpaired) electrons. The fraction of sp³-hybridized carbons (Fsp3) is 0.667. The third kappa shape index (κ3) is 3.97. The van der Waals surface area contributed by atoms with Gasteiger partial charge in [-0.15, -0.1) is 0 Å². The van der Waals surface area contributed by atoms with E-state index in [0.29, 0.717) is 13.1 Å². The number of H-pyrrole nitrogens is 1. The fourth-order valence-corrected chi connectivity index (χ4v) is 2.33. The van der Waals surface area contributed by atoms with Crippen molar-refractivity contribution in [2.75, 3.05) is 13.1 Å². The van der Waals surface area contributed by atoms with Crippen LogP contribution in [-0.2, 0) is 4.79 Å². The Morgan fingerprint density at radius 2 is 2.32 bits per heavy atom. The molecule has 1 aromatic heterocycles. The Bertz CT molecular complexity index is 416. The lowest BCUT2D eigenvalue weighted by Gasteiger charge is -2.32. The number of hydrogen-bond acceptors (Lipinski definition) is 2. The van der Waals surface area contributed by atoms with Gasteiger partial charge in [0.05, 0.1) is 6.42 Å². The van der Waals surface area contributed by atoms with Crippen molar-refractivity contribution in [2.24, 2.45) is 0 Å². The van der Waals surface area contributed by atoms with Gasteiger partial charge in [0, 0.05) is 37.8 Å². The minimum absolute atomic E-state index is 0.0959. The van der Waals surface area contributed by atoms with Crippen LogP contribution >= 0.6 is 0 Å². The van der Waals surface area contributed by atoms with Gasteiger partial charge < -0.3 is 9.88 Å². The summed E-state index contributed by atoms with van der Waals surface area (Å²) in [6.45, 7) is 0.984. The maximum Gasteiger partial charge on any atom is 0.389 e. The number of amides is 1. The van der Waals surface area contributed by atoms with Crippen LogP contribution in [0.3, 0.4) is 0 Å². The summed E-state index contributed by atoms with van der Waals surface area (Å²) >= 11 is 0. The first kappa shape index (κ1) is 13.9. The van der Waals surface area contributed by atoms with Crippen LogP contribution in [0.5, 0.6) is 0 Å². The molecule has 1 saturated heterocycles. The molecule has 0 bridgehead atoms. The molecule has 19 heavy (non-hydrogen) atoms. The second-order valence-electron chi connectivity index (χ2n) is 4.77. The SMILES string of the molecule is O=C(CCC(F)(F)F)N1CCCC(c2ncc[nH]2)C1. The van der Waals surface area contributed by atoms with E-state index in [-0.39, 0.29) is 5.92 Å². The predicted octanol–water partition coefficient (Wildman–Crippen LogP) is 2.46. The molecule has 1 atom stereocenters. The highest BCUT2D eigenvalue weighted by Gasteiger charge is 2.31. The Morgan fingerprint density at radius 3 is 2.95 bits per heavy atom.